The molecule has 5 aliphatic carbocycles. The van der Waals surface area contributed by atoms with Gasteiger partial charge in [-0.25, -0.2) is 4.79 Å². The van der Waals surface area contributed by atoms with Crippen LogP contribution in [0.2, 0.25) is 0 Å². The number of phenolic OH excluding ortho intramolecular Hbond substituents is 2. The van der Waals surface area contributed by atoms with Crippen LogP contribution in [-0.4, -0.2) is 122 Å². The van der Waals surface area contributed by atoms with Gasteiger partial charge in [0.15, 0.2) is 5.78 Å². The van der Waals surface area contributed by atoms with E-state index in [9.17, 15) is 45.3 Å². The van der Waals surface area contributed by atoms with Crippen LogP contribution in [0.4, 0.5) is 0 Å². The van der Waals surface area contributed by atoms with Gasteiger partial charge in [0.05, 0.1) is 36.3 Å². The minimum atomic E-state index is -1.81. The maximum absolute atomic E-state index is 12.7. The number of carbonyl (C=O) groups is 2. The third-order valence-corrected chi connectivity index (χ3v) is 17.9. The first kappa shape index (κ1) is 42.0. The van der Waals surface area contributed by atoms with Crippen molar-refractivity contribution in [1.29, 1.82) is 0 Å². The average molecular weight is 873 g/mol. The number of carboxylic acids is 1. The highest BCUT2D eigenvalue weighted by atomic mass is 16.7. The topological polar surface area (TPSA) is 237 Å². The molecule has 0 amide bonds. The van der Waals surface area contributed by atoms with E-state index in [-0.39, 0.29) is 81.4 Å². The number of aliphatic hydroxyl groups excluding tert-OH is 4. The third-order valence-electron chi connectivity index (χ3n) is 17.9. The Hall–Kier alpha value is -3.64. The number of Topliss-reactive ketones (excluding diaryl/α,β-unsaturated/α-hetero) is 1. The van der Waals surface area contributed by atoms with Crippen LogP contribution < -0.4 is 15.6 Å². The summed E-state index contributed by atoms with van der Waals surface area (Å²) in [6, 6.07) is 2.54. The number of hydrogen-bond donors (Lipinski definition) is 9. The molecular weight excluding hydrogens is 813 g/mol. The lowest BCUT2D eigenvalue weighted by atomic mass is 9.39. The Morgan fingerprint density at radius 1 is 1.03 bits per heavy atom. The molecule has 0 aromatic heterocycles. The molecule has 12 unspecified atom stereocenters. The molecule has 15 nitrogen and oxygen atoms in total. The molecule has 3 saturated heterocycles. The number of aromatic carboxylic acids is 1. The summed E-state index contributed by atoms with van der Waals surface area (Å²) >= 11 is 0. The van der Waals surface area contributed by atoms with Gasteiger partial charge in [0.1, 0.15) is 41.2 Å². The number of allylic oxidation sites excluding steroid dienone is 1. The highest BCUT2D eigenvalue weighted by Gasteiger charge is 2.75. The number of ketones is 1. The van der Waals surface area contributed by atoms with E-state index in [1.54, 1.807) is 0 Å². The Bertz CT molecular complexity index is 2350. The molecule has 12 atom stereocenters. The summed E-state index contributed by atoms with van der Waals surface area (Å²) in [5, 5.41) is 78.9. The Kier molecular flexibility index (Phi) is 9.62. The van der Waals surface area contributed by atoms with Crippen molar-refractivity contribution in [1.82, 2.24) is 10.9 Å². The van der Waals surface area contributed by atoms with Crippen molar-refractivity contribution in [3.63, 3.8) is 0 Å². The summed E-state index contributed by atoms with van der Waals surface area (Å²) in [5.74, 6) is -3.15. The molecule has 4 spiro atoms. The molecule has 9 aliphatic rings. The van der Waals surface area contributed by atoms with Crippen molar-refractivity contribution in [2.24, 2.45) is 34.0 Å². The smallest absolute Gasteiger partial charge is 0.335 e. The predicted octanol–water partition coefficient (Wildman–Crippen LogP) is 4.06. The number of fused-ring (bicyclic) bond motifs is 2. The molecule has 2 bridgehead atoms. The molecule has 7 fully saturated rings. The van der Waals surface area contributed by atoms with Crippen molar-refractivity contribution >= 4 is 22.5 Å². The van der Waals surface area contributed by atoms with Crippen LogP contribution in [0.3, 0.4) is 0 Å². The van der Waals surface area contributed by atoms with Crippen molar-refractivity contribution in [3.8, 4) is 17.2 Å². The number of aromatic hydroxyl groups is 2. The normalized spacial score (nSPS) is 40.7. The van der Waals surface area contributed by atoms with E-state index >= 15 is 0 Å². The molecule has 15 heteroatoms. The standard InChI is InChI=1S/C48H60N2O13/c1-23-34(24(2)53)38(55)36-28(37(23)54)12-26(42(58)59)13-31(36)62-43-39(56)41(57)48(33(17-52)63-43)15-30-35-25(19-61-48)6-7-29(35)46(10-5-11-51)22-60-18-27-14-45-20-44(8-3-4-9-44)16-32(45)49-50-47(30,21-45)40(27)46/h7,12-13,27,30,32-33,39-41,43,49-52,54-57H,3-6,8-11,14-22H2,1-2H3,(H,58,59). The zero-order valence-corrected chi connectivity index (χ0v) is 36.0. The van der Waals surface area contributed by atoms with E-state index in [0.717, 1.165) is 49.8 Å². The highest BCUT2D eigenvalue weighted by molar-refractivity contribution is 6.11. The molecule has 4 aliphatic heterocycles. The van der Waals surface area contributed by atoms with E-state index < -0.39 is 65.6 Å². The van der Waals surface area contributed by atoms with Gasteiger partial charge < -0.3 is 54.7 Å². The number of hydrogen-bond acceptors (Lipinski definition) is 14. The van der Waals surface area contributed by atoms with Crippen molar-refractivity contribution in [3.05, 3.63) is 51.6 Å². The summed E-state index contributed by atoms with van der Waals surface area (Å²) in [4.78, 5) is 25.0. The summed E-state index contributed by atoms with van der Waals surface area (Å²) in [6.07, 6.45) is 7.30. The zero-order chi connectivity index (χ0) is 44.0. The molecule has 4 heterocycles. The van der Waals surface area contributed by atoms with Gasteiger partial charge in [-0.05, 0) is 130 Å². The molecule has 340 valence electrons. The Morgan fingerprint density at radius 3 is 2.56 bits per heavy atom. The second-order valence-corrected chi connectivity index (χ2v) is 21.0. The number of hydrazine groups is 1. The van der Waals surface area contributed by atoms with Crippen molar-refractivity contribution in [2.75, 3.05) is 33.0 Å². The van der Waals surface area contributed by atoms with E-state index in [1.807, 2.05) is 0 Å². The maximum atomic E-state index is 12.7. The van der Waals surface area contributed by atoms with Gasteiger partial charge in [-0.15, -0.1) is 0 Å². The zero-order valence-electron chi connectivity index (χ0n) is 36.0. The van der Waals surface area contributed by atoms with Gasteiger partial charge in [-0.2, -0.15) is 0 Å². The van der Waals surface area contributed by atoms with Crippen LogP contribution in [0, 0.1) is 40.9 Å². The predicted molar refractivity (Wildman–Crippen MR) is 225 cm³/mol. The summed E-state index contributed by atoms with van der Waals surface area (Å²) in [6.45, 7) is 3.38. The SMILES string of the molecule is CC(=O)c1c(C)c(O)c2cc(C(=O)O)cc(OC3OC(CO)C4(CC5C6=C(CC=C6C6(CCCO)COCC7CC89CC%10(CCCC%10)CC8NNC5(C9)C76)CO4)C(O)C3O)c2c1O. The minimum absolute atomic E-state index is 0.00556. The number of benzene rings is 2. The van der Waals surface area contributed by atoms with Gasteiger partial charge in [-0.1, -0.05) is 18.9 Å². The Balaban J connectivity index is 1.00. The van der Waals surface area contributed by atoms with Gasteiger partial charge in [-0.3, -0.25) is 15.6 Å². The lowest BCUT2D eigenvalue weighted by Gasteiger charge is -2.72. The maximum Gasteiger partial charge on any atom is 0.335 e. The Morgan fingerprint density at radius 2 is 1.83 bits per heavy atom. The number of carboxylic acid groups (broad SMARTS) is 1. The first-order chi connectivity index (χ1) is 30.2. The second kappa shape index (κ2) is 14.4. The van der Waals surface area contributed by atoms with Gasteiger partial charge in [0.2, 0.25) is 6.29 Å². The second-order valence-electron chi connectivity index (χ2n) is 21.0. The van der Waals surface area contributed by atoms with E-state index in [4.69, 9.17) is 18.9 Å². The first-order valence-electron chi connectivity index (χ1n) is 23.0. The lowest BCUT2D eigenvalue weighted by Crippen LogP contribution is -2.81. The molecule has 4 saturated carbocycles. The molecule has 2 aromatic carbocycles. The van der Waals surface area contributed by atoms with Crippen molar-refractivity contribution in [2.45, 2.75) is 133 Å². The van der Waals surface area contributed by atoms with Gasteiger partial charge in [0, 0.05) is 47.1 Å². The lowest BCUT2D eigenvalue weighted by molar-refractivity contribution is -0.327. The van der Waals surface area contributed by atoms with Crippen LogP contribution in [0.15, 0.2) is 34.9 Å². The summed E-state index contributed by atoms with van der Waals surface area (Å²) in [5.41, 5.74) is 8.81. The van der Waals surface area contributed by atoms with E-state index in [0.29, 0.717) is 37.5 Å². The molecule has 11 rings (SSSR count). The average Bonchev–Trinajstić information content (AvgIpc) is 3.95. The minimum Gasteiger partial charge on any atom is -0.507 e. The number of carbonyl (C=O) groups excluding carboxylic acids is 1. The fourth-order valence-corrected chi connectivity index (χ4v) is 15.9. The van der Waals surface area contributed by atoms with Crippen LogP contribution in [-0.2, 0) is 14.2 Å². The molecule has 2 aromatic rings. The van der Waals surface area contributed by atoms with Crippen LogP contribution in [0.25, 0.3) is 10.8 Å². The van der Waals surface area contributed by atoms with Crippen molar-refractivity contribution < 1.29 is 64.3 Å². The monoisotopic (exact) mass is 872 g/mol. The summed E-state index contributed by atoms with van der Waals surface area (Å²) in [7, 11) is 0. The number of nitrogens with one attached hydrogen (secondary N) is 2. The number of rotatable bonds is 8. The molecule has 63 heavy (non-hydrogen) atoms. The highest BCUT2D eigenvalue weighted by Crippen LogP contribution is 2.74. The van der Waals surface area contributed by atoms with Gasteiger partial charge >= 0.3 is 5.97 Å². The molecule has 9 N–H and O–H groups in total. The summed E-state index contributed by atoms with van der Waals surface area (Å²) < 4.78 is 26.3. The molecular formula is C48H60N2O13. The number of ether oxygens (including phenoxy) is 4. The third kappa shape index (κ3) is 5.64. The van der Waals surface area contributed by atoms with Crippen LogP contribution in [0.1, 0.15) is 110 Å². The fourth-order valence-electron chi connectivity index (χ4n) is 15.9. The largest absolute Gasteiger partial charge is 0.507 e. The Labute approximate surface area is 365 Å². The van der Waals surface area contributed by atoms with Crippen LogP contribution >= 0.6 is 0 Å². The quantitative estimate of drug-likeness (QED) is 0.134. The fraction of sp³-hybridized carbons (Fsp3) is 0.667. The first-order valence-corrected chi connectivity index (χ1v) is 23.0. The molecule has 0 radical (unpaired) electrons. The van der Waals surface area contributed by atoms with Gasteiger partial charge in [0.25, 0.3) is 0 Å². The van der Waals surface area contributed by atoms with Crippen LogP contribution in [0.5, 0.6) is 17.2 Å². The van der Waals surface area contributed by atoms with E-state index in [2.05, 4.69) is 16.9 Å². The van der Waals surface area contributed by atoms with E-state index in [1.165, 1.54) is 50.7 Å². The number of aliphatic hydroxyl groups is 4. The number of phenols is 2.